The molecule has 2 N–H and O–H groups in total. The van der Waals surface area contributed by atoms with Crippen LogP contribution in [0, 0.1) is 12.7 Å². The summed E-state index contributed by atoms with van der Waals surface area (Å²) in [5.74, 6) is -1.49. The standard InChI is InChI=1S/C13H12FN3O2/c1-8-3-2-4-10(14)12(8)16-6-11-9(13(18)19)5-15-7-17-11/h2-5,7,16H,6H2,1H3,(H,18,19). The summed E-state index contributed by atoms with van der Waals surface area (Å²) in [5.41, 5.74) is 1.40. The predicted molar refractivity (Wildman–Crippen MR) is 67.5 cm³/mol. The monoisotopic (exact) mass is 261 g/mol. The Balaban J connectivity index is 2.22. The number of anilines is 1. The molecule has 1 aromatic heterocycles. The number of aromatic nitrogens is 2. The van der Waals surface area contributed by atoms with Crippen LogP contribution in [-0.2, 0) is 6.54 Å². The Bertz CT molecular complexity index is 596. The van der Waals surface area contributed by atoms with Crippen LogP contribution in [0.3, 0.4) is 0 Å². The van der Waals surface area contributed by atoms with E-state index in [1.165, 1.54) is 18.6 Å². The van der Waals surface area contributed by atoms with Crippen LogP contribution in [0.25, 0.3) is 0 Å². The van der Waals surface area contributed by atoms with Gasteiger partial charge in [-0.25, -0.2) is 19.2 Å². The first kappa shape index (κ1) is 12.9. The SMILES string of the molecule is Cc1cccc(F)c1NCc1ncncc1C(=O)O. The molecule has 1 aromatic carbocycles. The molecule has 0 aliphatic rings. The maximum Gasteiger partial charge on any atom is 0.339 e. The van der Waals surface area contributed by atoms with E-state index in [4.69, 9.17) is 5.11 Å². The molecule has 19 heavy (non-hydrogen) atoms. The first-order valence-electron chi connectivity index (χ1n) is 5.60. The summed E-state index contributed by atoms with van der Waals surface area (Å²) < 4.78 is 13.6. The maximum atomic E-state index is 13.6. The van der Waals surface area contributed by atoms with E-state index < -0.39 is 5.97 Å². The fraction of sp³-hybridized carbons (Fsp3) is 0.154. The molecule has 2 aromatic rings. The highest BCUT2D eigenvalue weighted by molar-refractivity contribution is 5.88. The quantitative estimate of drug-likeness (QED) is 0.882. The third kappa shape index (κ3) is 2.85. The van der Waals surface area contributed by atoms with E-state index in [2.05, 4.69) is 15.3 Å². The van der Waals surface area contributed by atoms with Gasteiger partial charge in [0, 0.05) is 6.20 Å². The van der Waals surface area contributed by atoms with Gasteiger partial charge in [0.25, 0.3) is 0 Å². The van der Waals surface area contributed by atoms with Crippen molar-refractivity contribution in [2.24, 2.45) is 0 Å². The van der Waals surface area contributed by atoms with Crippen molar-refractivity contribution in [2.45, 2.75) is 13.5 Å². The molecule has 0 amide bonds. The Hall–Kier alpha value is -2.50. The molecule has 0 spiro atoms. The number of aromatic carboxylic acids is 1. The topological polar surface area (TPSA) is 75.1 Å². The van der Waals surface area contributed by atoms with Crippen molar-refractivity contribution < 1.29 is 14.3 Å². The molecule has 0 aliphatic heterocycles. The smallest absolute Gasteiger partial charge is 0.339 e. The Labute approximate surface area is 109 Å². The van der Waals surface area contributed by atoms with Gasteiger partial charge in [-0.3, -0.25) is 0 Å². The van der Waals surface area contributed by atoms with Gasteiger partial charge in [-0.2, -0.15) is 0 Å². The first-order valence-corrected chi connectivity index (χ1v) is 5.60. The molecule has 0 unspecified atom stereocenters. The second-order valence-electron chi connectivity index (χ2n) is 3.97. The second-order valence-corrected chi connectivity index (χ2v) is 3.97. The first-order chi connectivity index (χ1) is 9.09. The molecular weight excluding hydrogens is 249 g/mol. The number of hydrogen-bond acceptors (Lipinski definition) is 4. The van der Waals surface area contributed by atoms with Crippen molar-refractivity contribution >= 4 is 11.7 Å². The van der Waals surface area contributed by atoms with E-state index in [1.54, 1.807) is 19.1 Å². The van der Waals surface area contributed by atoms with Crippen molar-refractivity contribution in [2.75, 3.05) is 5.32 Å². The molecule has 5 nitrogen and oxygen atoms in total. The van der Waals surface area contributed by atoms with Crippen molar-refractivity contribution in [3.05, 3.63) is 53.4 Å². The van der Waals surface area contributed by atoms with Crippen LogP contribution in [0.2, 0.25) is 0 Å². The third-order valence-corrected chi connectivity index (χ3v) is 2.68. The van der Waals surface area contributed by atoms with Crippen molar-refractivity contribution in [1.29, 1.82) is 0 Å². The minimum atomic E-state index is -1.11. The van der Waals surface area contributed by atoms with E-state index in [0.29, 0.717) is 11.4 Å². The van der Waals surface area contributed by atoms with Crippen LogP contribution in [0.15, 0.2) is 30.7 Å². The highest BCUT2D eigenvalue weighted by Gasteiger charge is 2.12. The summed E-state index contributed by atoms with van der Waals surface area (Å²) in [5, 5.41) is 11.9. The number of halogens is 1. The van der Waals surface area contributed by atoms with Gasteiger partial charge in [0.05, 0.1) is 17.9 Å². The lowest BCUT2D eigenvalue weighted by Crippen LogP contribution is -2.11. The van der Waals surface area contributed by atoms with Gasteiger partial charge in [0.1, 0.15) is 17.7 Å². The van der Waals surface area contributed by atoms with Gasteiger partial charge in [-0.15, -0.1) is 0 Å². The number of carbonyl (C=O) groups is 1. The number of carboxylic acids is 1. The van der Waals surface area contributed by atoms with E-state index in [9.17, 15) is 9.18 Å². The largest absolute Gasteiger partial charge is 0.478 e. The van der Waals surface area contributed by atoms with Gasteiger partial charge >= 0.3 is 5.97 Å². The number of nitrogens with one attached hydrogen (secondary N) is 1. The minimum absolute atomic E-state index is 0.00370. The van der Waals surface area contributed by atoms with Gasteiger partial charge in [-0.1, -0.05) is 12.1 Å². The fourth-order valence-electron chi connectivity index (χ4n) is 1.70. The van der Waals surface area contributed by atoms with E-state index in [0.717, 1.165) is 5.56 Å². The number of hydrogen-bond donors (Lipinski definition) is 2. The Kier molecular flexibility index (Phi) is 3.70. The molecule has 0 saturated heterocycles. The zero-order chi connectivity index (χ0) is 13.8. The van der Waals surface area contributed by atoms with Crippen LogP contribution < -0.4 is 5.32 Å². The Morgan fingerprint density at radius 2 is 2.26 bits per heavy atom. The van der Waals surface area contributed by atoms with Crippen LogP contribution in [0.4, 0.5) is 10.1 Å². The van der Waals surface area contributed by atoms with Crippen LogP contribution in [0.1, 0.15) is 21.6 Å². The number of aryl methyl sites for hydroxylation is 1. The lowest BCUT2D eigenvalue weighted by Gasteiger charge is -2.11. The van der Waals surface area contributed by atoms with Crippen LogP contribution in [0.5, 0.6) is 0 Å². The molecular formula is C13H12FN3O2. The van der Waals surface area contributed by atoms with Crippen molar-refractivity contribution in [3.8, 4) is 0 Å². The summed E-state index contributed by atoms with van der Waals surface area (Å²) in [6.45, 7) is 1.88. The molecule has 0 radical (unpaired) electrons. The number of para-hydroxylation sites is 1. The fourth-order valence-corrected chi connectivity index (χ4v) is 1.70. The highest BCUT2D eigenvalue weighted by Crippen LogP contribution is 2.19. The predicted octanol–water partition coefficient (Wildman–Crippen LogP) is 2.23. The molecule has 0 saturated carbocycles. The minimum Gasteiger partial charge on any atom is -0.478 e. The number of benzene rings is 1. The molecule has 0 fully saturated rings. The lowest BCUT2D eigenvalue weighted by molar-refractivity contribution is 0.0694. The summed E-state index contributed by atoms with van der Waals surface area (Å²) in [6, 6.07) is 4.72. The number of carboxylic acid groups (broad SMARTS) is 1. The van der Waals surface area contributed by atoms with Crippen LogP contribution in [-0.4, -0.2) is 21.0 Å². The summed E-state index contributed by atoms with van der Waals surface area (Å²) >= 11 is 0. The van der Waals surface area contributed by atoms with Crippen LogP contribution >= 0.6 is 0 Å². The molecule has 0 bridgehead atoms. The molecule has 2 rings (SSSR count). The molecule has 6 heteroatoms. The highest BCUT2D eigenvalue weighted by atomic mass is 19.1. The van der Waals surface area contributed by atoms with Gasteiger partial charge in [-0.05, 0) is 18.6 Å². The molecule has 0 aliphatic carbocycles. The lowest BCUT2D eigenvalue weighted by atomic mass is 10.1. The maximum absolute atomic E-state index is 13.6. The summed E-state index contributed by atoms with van der Waals surface area (Å²) in [4.78, 5) is 18.5. The molecule has 98 valence electrons. The number of nitrogens with zero attached hydrogens (tertiary/aromatic N) is 2. The summed E-state index contributed by atoms with van der Waals surface area (Å²) in [7, 11) is 0. The van der Waals surface area contributed by atoms with Gasteiger partial charge < -0.3 is 10.4 Å². The second kappa shape index (κ2) is 5.43. The molecule has 0 atom stereocenters. The summed E-state index contributed by atoms with van der Waals surface area (Å²) in [6.07, 6.45) is 2.48. The van der Waals surface area contributed by atoms with E-state index >= 15 is 0 Å². The average Bonchev–Trinajstić information content (AvgIpc) is 2.38. The number of rotatable bonds is 4. The van der Waals surface area contributed by atoms with Gasteiger partial charge in [0.15, 0.2) is 0 Å². The Morgan fingerprint density at radius 3 is 2.95 bits per heavy atom. The van der Waals surface area contributed by atoms with Crippen molar-refractivity contribution in [3.63, 3.8) is 0 Å². The Morgan fingerprint density at radius 1 is 1.47 bits per heavy atom. The van der Waals surface area contributed by atoms with Crippen molar-refractivity contribution in [1.82, 2.24) is 9.97 Å². The van der Waals surface area contributed by atoms with Gasteiger partial charge in [0.2, 0.25) is 0 Å². The normalized spacial score (nSPS) is 10.2. The van der Waals surface area contributed by atoms with E-state index in [1.807, 2.05) is 0 Å². The molecule has 1 heterocycles. The zero-order valence-electron chi connectivity index (χ0n) is 10.2. The zero-order valence-corrected chi connectivity index (χ0v) is 10.2. The average molecular weight is 261 g/mol. The third-order valence-electron chi connectivity index (χ3n) is 2.68. The van der Waals surface area contributed by atoms with E-state index in [-0.39, 0.29) is 17.9 Å².